The fraction of sp³-hybridized carbons (Fsp3) is 0.450. The summed E-state index contributed by atoms with van der Waals surface area (Å²) in [6, 6.07) is 9.33. The molecule has 1 aromatic carbocycles. The number of carboxylic acid groups (broad SMARTS) is 1. The number of rotatable bonds is 9. The molecule has 1 heterocycles. The highest BCUT2D eigenvalue weighted by Gasteiger charge is 2.23. The largest absolute Gasteiger partial charge is 0.481 e. The molecule has 1 N–H and O–H groups in total. The number of hydrogen-bond acceptors (Lipinski definition) is 4. The number of hydrogen-bond donors (Lipinski definition) is 1. The number of carbonyl (C=O) groups is 2. The maximum Gasteiger partial charge on any atom is 0.308 e. The van der Waals surface area contributed by atoms with Crippen LogP contribution in [0.4, 0.5) is 0 Å². The van der Waals surface area contributed by atoms with Crippen molar-refractivity contribution >= 4 is 22.8 Å². The van der Waals surface area contributed by atoms with Gasteiger partial charge in [-0.15, -0.1) is 0 Å². The maximum atomic E-state index is 13.1. The Balaban J connectivity index is 2.29. The van der Waals surface area contributed by atoms with Crippen LogP contribution >= 0.6 is 0 Å². The van der Waals surface area contributed by atoms with Gasteiger partial charge < -0.3 is 14.7 Å². The molecule has 6 nitrogen and oxygen atoms in total. The normalized spacial score (nSPS) is 12.1. The fourth-order valence-electron chi connectivity index (χ4n) is 2.77. The van der Waals surface area contributed by atoms with Crippen LogP contribution in [0.2, 0.25) is 0 Å². The smallest absolute Gasteiger partial charge is 0.308 e. The van der Waals surface area contributed by atoms with Gasteiger partial charge in [-0.1, -0.05) is 25.1 Å². The summed E-state index contributed by atoms with van der Waals surface area (Å²) < 4.78 is 5.34. The van der Waals surface area contributed by atoms with Crippen molar-refractivity contribution < 1.29 is 19.4 Å². The highest BCUT2D eigenvalue weighted by molar-refractivity contribution is 6.05. The first-order chi connectivity index (χ1) is 12.4. The lowest BCUT2D eigenvalue weighted by atomic mass is 10.1. The number of carboxylic acids is 1. The Labute approximate surface area is 153 Å². The number of ether oxygens (including phenoxy) is 1. The Morgan fingerprint density at radius 2 is 2.04 bits per heavy atom. The first-order valence-electron chi connectivity index (χ1n) is 8.90. The summed E-state index contributed by atoms with van der Waals surface area (Å²) in [5.41, 5.74) is 1.98. The summed E-state index contributed by atoms with van der Waals surface area (Å²) >= 11 is 0. The van der Waals surface area contributed by atoms with E-state index in [-0.39, 0.29) is 12.5 Å². The maximum absolute atomic E-state index is 13.1. The van der Waals surface area contributed by atoms with Crippen molar-refractivity contribution in [2.45, 2.75) is 27.2 Å². The highest BCUT2D eigenvalue weighted by Crippen LogP contribution is 2.20. The Kier molecular flexibility index (Phi) is 7.09. The third-order valence-corrected chi connectivity index (χ3v) is 4.21. The van der Waals surface area contributed by atoms with E-state index >= 15 is 0 Å². The first kappa shape index (κ1) is 19.8. The van der Waals surface area contributed by atoms with Crippen LogP contribution in [0.15, 0.2) is 30.3 Å². The lowest BCUT2D eigenvalue weighted by molar-refractivity contribution is -0.141. The van der Waals surface area contributed by atoms with Crippen LogP contribution in [0.5, 0.6) is 0 Å². The number of benzene rings is 1. The lowest BCUT2D eigenvalue weighted by Gasteiger charge is -2.25. The van der Waals surface area contributed by atoms with Gasteiger partial charge in [0.15, 0.2) is 0 Å². The Bertz CT molecular complexity index is 775. The molecule has 0 saturated heterocycles. The quantitative estimate of drug-likeness (QED) is 0.697. The standard InChI is InChI=1S/C20H26N2O4/c1-4-26-12-6-11-22(13-14(2)20(24)25)19(23)17-8-5-7-16-10-9-15(3)21-18(16)17/h5,7-10,14H,4,6,11-13H2,1-3H3,(H,24,25). The number of aromatic nitrogens is 1. The van der Waals surface area contributed by atoms with Crippen molar-refractivity contribution in [3.63, 3.8) is 0 Å². The van der Waals surface area contributed by atoms with E-state index in [0.29, 0.717) is 37.3 Å². The van der Waals surface area contributed by atoms with Gasteiger partial charge in [0.2, 0.25) is 0 Å². The summed E-state index contributed by atoms with van der Waals surface area (Å²) in [7, 11) is 0. The number of amides is 1. The molecular weight excluding hydrogens is 332 g/mol. The highest BCUT2D eigenvalue weighted by atomic mass is 16.5. The molecule has 0 aliphatic carbocycles. The van der Waals surface area contributed by atoms with E-state index in [4.69, 9.17) is 4.74 Å². The minimum Gasteiger partial charge on any atom is -0.481 e. The summed E-state index contributed by atoms with van der Waals surface area (Å²) in [5.74, 6) is -1.76. The SMILES string of the molecule is CCOCCCN(CC(C)C(=O)O)C(=O)c1cccc2ccc(C)nc12. The molecule has 1 unspecified atom stereocenters. The predicted molar refractivity (Wildman–Crippen MR) is 100 cm³/mol. The Hall–Kier alpha value is -2.47. The minimum absolute atomic E-state index is 0.155. The second-order valence-electron chi connectivity index (χ2n) is 6.37. The van der Waals surface area contributed by atoms with Gasteiger partial charge in [-0.25, -0.2) is 0 Å². The Morgan fingerprint density at radius 1 is 1.27 bits per heavy atom. The van der Waals surface area contributed by atoms with Gasteiger partial charge >= 0.3 is 5.97 Å². The van der Waals surface area contributed by atoms with Crippen molar-refractivity contribution in [1.82, 2.24) is 9.88 Å². The van der Waals surface area contributed by atoms with Crippen molar-refractivity contribution in [1.29, 1.82) is 0 Å². The Morgan fingerprint density at radius 3 is 2.73 bits per heavy atom. The van der Waals surface area contributed by atoms with Gasteiger partial charge in [0.25, 0.3) is 5.91 Å². The molecule has 0 bridgehead atoms. The topological polar surface area (TPSA) is 79.7 Å². The van der Waals surface area contributed by atoms with Crippen LogP contribution in [0.1, 0.15) is 36.3 Å². The van der Waals surface area contributed by atoms with Crippen LogP contribution in [0.3, 0.4) is 0 Å². The van der Waals surface area contributed by atoms with Crippen LogP contribution < -0.4 is 0 Å². The van der Waals surface area contributed by atoms with Crippen LogP contribution in [0, 0.1) is 12.8 Å². The molecule has 1 aromatic heterocycles. The zero-order valence-electron chi connectivity index (χ0n) is 15.6. The van der Waals surface area contributed by atoms with Gasteiger partial charge in [0, 0.05) is 37.4 Å². The number of carbonyl (C=O) groups excluding carboxylic acids is 1. The molecule has 26 heavy (non-hydrogen) atoms. The van der Waals surface area contributed by atoms with E-state index in [1.54, 1.807) is 17.9 Å². The summed E-state index contributed by atoms with van der Waals surface area (Å²) in [6.07, 6.45) is 0.656. The molecule has 1 atom stereocenters. The number of nitrogens with zero attached hydrogens (tertiary/aromatic N) is 2. The molecule has 1 amide bonds. The molecule has 2 aromatic rings. The monoisotopic (exact) mass is 358 g/mol. The molecule has 0 saturated carbocycles. The van der Waals surface area contributed by atoms with Crippen molar-refractivity contribution in [2.75, 3.05) is 26.3 Å². The second-order valence-corrected chi connectivity index (χ2v) is 6.37. The molecule has 2 rings (SSSR count). The molecule has 0 fully saturated rings. The van der Waals surface area contributed by atoms with Gasteiger partial charge in [-0.2, -0.15) is 0 Å². The number of aliphatic carboxylic acids is 1. The van der Waals surface area contributed by atoms with Crippen LogP contribution in [0.25, 0.3) is 10.9 Å². The average Bonchev–Trinajstić information content (AvgIpc) is 2.62. The molecular formula is C20H26N2O4. The summed E-state index contributed by atoms with van der Waals surface area (Å²) in [5, 5.41) is 10.1. The molecule has 0 radical (unpaired) electrons. The zero-order valence-corrected chi connectivity index (χ0v) is 15.6. The number of fused-ring (bicyclic) bond motifs is 1. The second kappa shape index (κ2) is 9.29. The van der Waals surface area contributed by atoms with Crippen LogP contribution in [-0.2, 0) is 9.53 Å². The van der Waals surface area contributed by atoms with E-state index in [1.807, 2.05) is 38.1 Å². The van der Waals surface area contributed by atoms with Crippen molar-refractivity contribution in [3.8, 4) is 0 Å². The molecule has 6 heteroatoms. The number of pyridine rings is 1. The summed E-state index contributed by atoms with van der Waals surface area (Å²) in [6.45, 7) is 7.16. The summed E-state index contributed by atoms with van der Waals surface area (Å²) in [4.78, 5) is 30.5. The molecule has 140 valence electrons. The van der Waals surface area contributed by atoms with E-state index in [2.05, 4.69) is 4.98 Å². The van der Waals surface area contributed by atoms with Crippen LogP contribution in [-0.4, -0.2) is 53.2 Å². The van der Waals surface area contributed by atoms with Gasteiger partial charge in [0.1, 0.15) is 0 Å². The molecule has 0 aliphatic heterocycles. The molecule has 0 aliphatic rings. The van der Waals surface area contributed by atoms with Gasteiger partial charge in [-0.05, 0) is 32.4 Å². The number of para-hydroxylation sites is 1. The molecule has 0 spiro atoms. The lowest BCUT2D eigenvalue weighted by Crippen LogP contribution is -2.38. The zero-order chi connectivity index (χ0) is 19.1. The minimum atomic E-state index is -0.917. The van der Waals surface area contributed by atoms with Gasteiger partial charge in [-0.3, -0.25) is 14.6 Å². The average molecular weight is 358 g/mol. The van der Waals surface area contributed by atoms with Crippen molar-refractivity contribution in [2.24, 2.45) is 5.92 Å². The number of aryl methyl sites for hydroxylation is 1. The van der Waals surface area contributed by atoms with E-state index in [0.717, 1.165) is 11.1 Å². The first-order valence-corrected chi connectivity index (χ1v) is 8.90. The predicted octanol–water partition coefficient (Wildman–Crippen LogP) is 3.13. The van der Waals surface area contributed by atoms with E-state index in [9.17, 15) is 14.7 Å². The third-order valence-electron chi connectivity index (χ3n) is 4.21. The van der Waals surface area contributed by atoms with E-state index < -0.39 is 11.9 Å². The van der Waals surface area contributed by atoms with E-state index in [1.165, 1.54) is 0 Å². The third kappa shape index (κ3) is 5.02. The van der Waals surface area contributed by atoms with Crippen molar-refractivity contribution in [3.05, 3.63) is 41.6 Å². The van der Waals surface area contributed by atoms with Gasteiger partial charge in [0.05, 0.1) is 17.0 Å². The fourth-order valence-corrected chi connectivity index (χ4v) is 2.77.